The molecule has 0 aliphatic heterocycles. The van der Waals surface area contributed by atoms with Gasteiger partial charge in [-0.2, -0.15) is 0 Å². The smallest absolute Gasteiger partial charge is 0.190 e. The summed E-state index contributed by atoms with van der Waals surface area (Å²) in [5, 5.41) is 54.9. The van der Waals surface area contributed by atoms with Crippen molar-refractivity contribution in [2.45, 2.75) is 57.0 Å². The van der Waals surface area contributed by atoms with Crippen molar-refractivity contribution in [2.75, 3.05) is 6.61 Å². The Morgan fingerprint density at radius 2 is 1.81 bits per heavy atom. The molecule has 0 radical (unpaired) electrons. The minimum Gasteiger partial charge on any atom is -0.392 e. The predicted octanol–water partition coefficient (Wildman–Crippen LogP) is -0.0699. The van der Waals surface area contributed by atoms with Crippen molar-refractivity contribution in [3.05, 3.63) is 23.3 Å². The summed E-state index contributed by atoms with van der Waals surface area (Å²) in [6.45, 7) is 6.63. The third-order valence-corrected chi connectivity index (χ3v) is 8.04. The lowest BCUT2D eigenvalue weighted by Crippen LogP contribution is -2.65. The van der Waals surface area contributed by atoms with Crippen molar-refractivity contribution in [3.63, 3.8) is 0 Å². The minimum absolute atomic E-state index is 0.0615. The average molecular weight is 364 g/mol. The van der Waals surface area contributed by atoms with Crippen LogP contribution in [0.4, 0.5) is 0 Å². The van der Waals surface area contributed by atoms with Gasteiger partial charge in [0.25, 0.3) is 0 Å². The van der Waals surface area contributed by atoms with E-state index in [1.165, 1.54) is 0 Å². The lowest BCUT2D eigenvalue weighted by Gasteiger charge is -2.51. The van der Waals surface area contributed by atoms with Crippen LogP contribution in [-0.2, 0) is 4.79 Å². The van der Waals surface area contributed by atoms with Crippen LogP contribution in [-0.4, -0.2) is 60.8 Å². The lowest BCUT2D eigenvalue weighted by atomic mass is 9.59. The maximum absolute atomic E-state index is 12.7. The number of rotatable bonds is 1. The largest absolute Gasteiger partial charge is 0.392 e. The van der Waals surface area contributed by atoms with Gasteiger partial charge in [0.1, 0.15) is 11.2 Å². The van der Waals surface area contributed by atoms with Gasteiger partial charge in [-0.3, -0.25) is 4.79 Å². The second-order valence-corrected chi connectivity index (χ2v) is 9.41. The Morgan fingerprint density at radius 3 is 2.38 bits per heavy atom. The molecule has 0 aromatic carbocycles. The number of Topliss-reactive ketones (excluding diaryl/α,β-unsaturated/α-hetero) is 1. The van der Waals surface area contributed by atoms with Crippen LogP contribution in [0, 0.1) is 29.1 Å². The van der Waals surface area contributed by atoms with E-state index in [1.807, 2.05) is 13.8 Å². The van der Waals surface area contributed by atoms with E-state index >= 15 is 0 Å². The van der Waals surface area contributed by atoms with Crippen LogP contribution in [0.25, 0.3) is 0 Å². The summed E-state index contributed by atoms with van der Waals surface area (Å²) < 4.78 is 0. The SMILES string of the molecule is CC1=C[C@H]2[C@@]3(O)[C@H](C=C(CO)C[C@@]2(O)C1=O)[C@@H]1C(C)(C)[C@]1(O)[C@H](O)[C@@H]3C. The molecule has 6 heteroatoms. The first-order chi connectivity index (χ1) is 11.9. The molecule has 0 aromatic rings. The molecule has 4 aliphatic carbocycles. The van der Waals surface area contributed by atoms with Gasteiger partial charge in [-0.1, -0.05) is 32.9 Å². The maximum atomic E-state index is 12.7. The highest BCUT2D eigenvalue weighted by Crippen LogP contribution is 2.74. The van der Waals surface area contributed by atoms with E-state index in [2.05, 4.69) is 0 Å². The van der Waals surface area contributed by atoms with Crippen LogP contribution in [0.1, 0.15) is 34.1 Å². The molecular weight excluding hydrogens is 336 g/mol. The number of aliphatic hydroxyl groups excluding tert-OH is 2. The zero-order valence-corrected chi connectivity index (χ0v) is 15.6. The fraction of sp³-hybridized carbons (Fsp3) is 0.750. The first kappa shape index (κ1) is 18.3. The maximum Gasteiger partial charge on any atom is 0.190 e. The van der Waals surface area contributed by atoms with Crippen LogP contribution in [0.2, 0.25) is 0 Å². The second kappa shape index (κ2) is 4.86. The number of ketones is 1. The van der Waals surface area contributed by atoms with E-state index in [9.17, 15) is 30.3 Å². The summed E-state index contributed by atoms with van der Waals surface area (Å²) in [7, 11) is 0. The molecule has 2 fully saturated rings. The van der Waals surface area contributed by atoms with Gasteiger partial charge >= 0.3 is 0 Å². The average Bonchev–Trinajstić information content (AvgIpc) is 2.97. The first-order valence-corrected chi connectivity index (χ1v) is 9.27. The Bertz CT molecular complexity index is 753. The van der Waals surface area contributed by atoms with Crippen LogP contribution in [0.5, 0.6) is 0 Å². The molecule has 0 spiro atoms. The zero-order chi connectivity index (χ0) is 19.4. The van der Waals surface area contributed by atoms with Gasteiger partial charge in [-0.25, -0.2) is 0 Å². The number of aliphatic hydroxyl groups is 5. The molecule has 0 bridgehead atoms. The van der Waals surface area contributed by atoms with E-state index in [0.29, 0.717) is 11.1 Å². The predicted molar refractivity (Wildman–Crippen MR) is 92.8 cm³/mol. The molecule has 0 amide bonds. The van der Waals surface area contributed by atoms with E-state index in [0.717, 1.165) is 0 Å². The number of hydrogen-bond acceptors (Lipinski definition) is 6. The van der Waals surface area contributed by atoms with Crippen LogP contribution >= 0.6 is 0 Å². The third-order valence-electron chi connectivity index (χ3n) is 8.04. The quantitative estimate of drug-likeness (QED) is 0.416. The van der Waals surface area contributed by atoms with Gasteiger partial charge in [0.05, 0.1) is 18.3 Å². The Balaban J connectivity index is 1.96. The molecule has 0 saturated heterocycles. The standard InChI is InChI=1S/C20H28O6/c1-9-5-13-18(24,15(9)22)7-11(8-21)6-12-14-17(3,4)20(14,26)16(23)10(2)19(12,13)25/h5-6,10,12-14,16,21,23-26H,7-8H2,1-4H3/t10-,12+,13+,14+,16+,18-,19-,20+/m0/s1. The van der Waals surface area contributed by atoms with Crippen molar-refractivity contribution in [1.29, 1.82) is 0 Å². The fourth-order valence-electron chi connectivity index (χ4n) is 6.45. The van der Waals surface area contributed by atoms with Crippen molar-refractivity contribution in [1.82, 2.24) is 0 Å². The summed E-state index contributed by atoms with van der Waals surface area (Å²) in [5.41, 5.74) is -4.57. The molecule has 4 rings (SSSR count). The van der Waals surface area contributed by atoms with Crippen LogP contribution in [0.3, 0.4) is 0 Å². The van der Waals surface area contributed by atoms with Gasteiger partial charge in [-0.15, -0.1) is 0 Å². The minimum atomic E-state index is -1.84. The lowest BCUT2D eigenvalue weighted by molar-refractivity contribution is -0.209. The van der Waals surface area contributed by atoms with E-state index in [-0.39, 0.29) is 13.0 Å². The summed E-state index contributed by atoms with van der Waals surface area (Å²) in [6, 6.07) is 0. The molecule has 0 heterocycles. The summed E-state index contributed by atoms with van der Waals surface area (Å²) in [4.78, 5) is 12.7. The van der Waals surface area contributed by atoms with Crippen LogP contribution in [0.15, 0.2) is 23.3 Å². The monoisotopic (exact) mass is 364 g/mol. The normalized spacial score (nSPS) is 54.5. The van der Waals surface area contributed by atoms with Gasteiger partial charge in [0, 0.05) is 35.5 Å². The number of fused-ring (bicyclic) bond motifs is 5. The molecule has 6 nitrogen and oxygen atoms in total. The van der Waals surface area contributed by atoms with Gasteiger partial charge < -0.3 is 25.5 Å². The van der Waals surface area contributed by atoms with Crippen molar-refractivity contribution in [2.24, 2.45) is 29.1 Å². The van der Waals surface area contributed by atoms with Crippen molar-refractivity contribution >= 4 is 5.78 Å². The Labute approximate surface area is 152 Å². The third kappa shape index (κ3) is 1.69. The summed E-state index contributed by atoms with van der Waals surface area (Å²) in [6.07, 6.45) is 2.08. The van der Waals surface area contributed by atoms with E-state index in [1.54, 1.807) is 26.0 Å². The summed E-state index contributed by atoms with van der Waals surface area (Å²) in [5.74, 6) is -3.14. The van der Waals surface area contributed by atoms with E-state index < -0.39 is 57.8 Å². The Hall–Kier alpha value is -1.05. The molecule has 8 atom stereocenters. The molecular formula is C20H28O6. The molecule has 0 aromatic heterocycles. The number of carbonyl (C=O) groups is 1. The summed E-state index contributed by atoms with van der Waals surface area (Å²) >= 11 is 0. The highest BCUT2D eigenvalue weighted by Gasteiger charge is 2.84. The highest BCUT2D eigenvalue weighted by atomic mass is 16.4. The zero-order valence-electron chi connectivity index (χ0n) is 15.6. The van der Waals surface area contributed by atoms with Gasteiger partial charge in [-0.05, 0) is 18.1 Å². The second-order valence-electron chi connectivity index (χ2n) is 9.41. The molecule has 4 aliphatic rings. The van der Waals surface area contributed by atoms with Crippen LogP contribution < -0.4 is 0 Å². The number of carbonyl (C=O) groups excluding carboxylic acids is 1. The van der Waals surface area contributed by atoms with Gasteiger partial charge in [0.15, 0.2) is 5.78 Å². The molecule has 144 valence electrons. The molecule has 2 saturated carbocycles. The molecule has 26 heavy (non-hydrogen) atoms. The highest BCUT2D eigenvalue weighted by molar-refractivity contribution is 6.04. The Kier molecular flexibility index (Phi) is 3.42. The molecule has 0 unspecified atom stereocenters. The number of hydrogen-bond donors (Lipinski definition) is 5. The van der Waals surface area contributed by atoms with E-state index in [4.69, 9.17) is 0 Å². The fourth-order valence-corrected chi connectivity index (χ4v) is 6.45. The Morgan fingerprint density at radius 1 is 1.19 bits per heavy atom. The topological polar surface area (TPSA) is 118 Å². The van der Waals surface area contributed by atoms with Crippen molar-refractivity contribution in [3.8, 4) is 0 Å². The molecule has 5 N–H and O–H groups in total. The van der Waals surface area contributed by atoms with Gasteiger partial charge in [0.2, 0.25) is 0 Å². The first-order valence-electron chi connectivity index (χ1n) is 9.27. The van der Waals surface area contributed by atoms with Crippen molar-refractivity contribution < 1.29 is 30.3 Å².